The Bertz CT molecular complexity index is 254. The third-order valence-corrected chi connectivity index (χ3v) is 1.48. The zero-order valence-electron chi connectivity index (χ0n) is 6.45. The predicted molar refractivity (Wildman–Crippen MR) is 41.2 cm³/mol. The summed E-state index contributed by atoms with van der Waals surface area (Å²) in [6.07, 6.45) is 1.99. The quantitative estimate of drug-likeness (QED) is 0.619. The van der Waals surface area contributed by atoms with Crippen molar-refractivity contribution >= 4 is 5.78 Å². The van der Waals surface area contributed by atoms with Crippen molar-refractivity contribution in [1.29, 1.82) is 0 Å². The molecular formula is C7H11N3O. The van der Waals surface area contributed by atoms with Crippen LogP contribution in [-0.2, 0) is 7.05 Å². The Kier molecular flexibility index (Phi) is 2.38. The summed E-state index contributed by atoms with van der Waals surface area (Å²) >= 11 is 0. The van der Waals surface area contributed by atoms with Crippen LogP contribution in [0.1, 0.15) is 16.9 Å². The fourth-order valence-electron chi connectivity index (χ4n) is 0.907. The molecule has 0 aromatic carbocycles. The maximum atomic E-state index is 11.2. The lowest BCUT2D eigenvalue weighted by atomic mass is 10.2. The first-order valence-corrected chi connectivity index (χ1v) is 3.47. The first-order valence-electron chi connectivity index (χ1n) is 3.47. The first-order chi connectivity index (χ1) is 5.25. The Morgan fingerprint density at radius 2 is 2.55 bits per heavy atom. The van der Waals surface area contributed by atoms with E-state index in [4.69, 9.17) is 5.73 Å². The molecule has 1 aromatic heterocycles. The van der Waals surface area contributed by atoms with Gasteiger partial charge in [-0.15, -0.1) is 0 Å². The summed E-state index contributed by atoms with van der Waals surface area (Å²) in [4.78, 5) is 11.2. The molecule has 0 saturated heterocycles. The number of hydrogen-bond acceptors (Lipinski definition) is 3. The molecule has 0 unspecified atom stereocenters. The van der Waals surface area contributed by atoms with Crippen LogP contribution < -0.4 is 5.73 Å². The maximum absolute atomic E-state index is 11.2. The summed E-state index contributed by atoms with van der Waals surface area (Å²) in [7, 11) is 1.74. The van der Waals surface area contributed by atoms with Gasteiger partial charge < -0.3 is 5.73 Å². The Morgan fingerprint density at radius 1 is 1.82 bits per heavy atom. The van der Waals surface area contributed by atoms with Crippen LogP contribution in [-0.4, -0.2) is 22.1 Å². The fourth-order valence-corrected chi connectivity index (χ4v) is 0.907. The summed E-state index contributed by atoms with van der Waals surface area (Å²) in [6, 6.07) is 1.69. The van der Waals surface area contributed by atoms with Gasteiger partial charge >= 0.3 is 0 Å². The monoisotopic (exact) mass is 153 g/mol. The summed E-state index contributed by atoms with van der Waals surface area (Å²) < 4.78 is 1.55. The van der Waals surface area contributed by atoms with Crippen molar-refractivity contribution in [2.75, 3.05) is 6.54 Å². The second-order valence-electron chi connectivity index (χ2n) is 2.30. The van der Waals surface area contributed by atoms with Crippen LogP contribution in [0.15, 0.2) is 12.3 Å². The molecule has 60 valence electrons. The highest BCUT2D eigenvalue weighted by Gasteiger charge is 2.07. The van der Waals surface area contributed by atoms with Gasteiger partial charge in [0.1, 0.15) is 5.69 Å². The van der Waals surface area contributed by atoms with E-state index in [-0.39, 0.29) is 5.78 Å². The van der Waals surface area contributed by atoms with Gasteiger partial charge in [-0.25, -0.2) is 0 Å². The van der Waals surface area contributed by atoms with E-state index in [0.717, 1.165) is 0 Å². The van der Waals surface area contributed by atoms with Crippen LogP contribution in [0.4, 0.5) is 0 Å². The summed E-state index contributed by atoms with van der Waals surface area (Å²) in [5.74, 6) is 0.0486. The zero-order chi connectivity index (χ0) is 8.27. The molecule has 0 fully saturated rings. The first kappa shape index (κ1) is 7.94. The standard InChI is InChI=1S/C7H11N3O/c1-10-6(3-5-9-10)7(11)2-4-8/h3,5H,2,4,8H2,1H3. The van der Waals surface area contributed by atoms with Crippen LogP contribution in [0.5, 0.6) is 0 Å². The van der Waals surface area contributed by atoms with Gasteiger partial charge in [0.05, 0.1) is 0 Å². The van der Waals surface area contributed by atoms with Crippen LogP contribution in [0, 0.1) is 0 Å². The summed E-state index contributed by atoms with van der Waals surface area (Å²) in [6.45, 7) is 0.393. The van der Waals surface area contributed by atoms with Crippen molar-refractivity contribution in [3.63, 3.8) is 0 Å². The third kappa shape index (κ3) is 1.65. The van der Waals surface area contributed by atoms with E-state index in [1.54, 1.807) is 24.0 Å². The molecule has 0 spiro atoms. The second kappa shape index (κ2) is 3.30. The molecule has 0 aliphatic heterocycles. The van der Waals surface area contributed by atoms with Gasteiger partial charge in [0.15, 0.2) is 5.78 Å². The lowest BCUT2D eigenvalue weighted by Crippen LogP contribution is -2.11. The van der Waals surface area contributed by atoms with E-state index < -0.39 is 0 Å². The van der Waals surface area contributed by atoms with E-state index in [1.807, 2.05) is 0 Å². The molecule has 0 radical (unpaired) electrons. The molecule has 11 heavy (non-hydrogen) atoms. The minimum Gasteiger partial charge on any atom is -0.330 e. The SMILES string of the molecule is Cn1nccc1C(=O)CCN. The molecule has 4 nitrogen and oxygen atoms in total. The number of nitrogens with two attached hydrogens (primary N) is 1. The zero-order valence-corrected chi connectivity index (χ0v) is 6.45. The van der Waals surface area contributed by atoms with Gasteiger partial charge in [-0.3, -0.25) is 9.48 Å². The van der Waals surface area contributed by atoms with Crippen LogP contribution >= 0.6 is 0 Å². The van der Waals surface area contributed by atoms with Gasteiger partial charge in [-0.05, 0) is 12.6 Å². The minimum atomic E-state index is 0.0486. The van der Waals surface area contributed by atoms with Crippen molar-refractivity contribution < 1.29 is 4.79 Å². The number of aryl methyl sites for hydroxylation is 1. The van der Waals surface area contributed by atoms with Crippen LogP contribution in [0.25, 0.3) is 0 Å². The fraction of sp³-hybridized carbons (Fsp3) is 0.429. The highest BCUT2D eigenvalue weighted by molar-refractivity contribution is 5.94. The normalized spacial score (nSPS) is 10.0. The minimum absolute atomic E-state index is 0.0486. The van der Waals surface area contributed by atoms with Crippen molar-refractivity contribution in [3.05, 3.63) is 18.0 Å². The number of hydrogen-bond donors (Lipinski definition) is 1. The van der Waals surface area contributed by atoms with Gasteiger partial charge in [0.2, 0.25) is 0 Å². The van der Waals surface area contributed by atoms with E-state index in [2.05, 4.69) is 5.10 Å². The molecular weight excluding hydrogens is 142 g/mol. The highest BCUT2D eigenvalue weighted by Crippen LogP contribution is 1.99. The van der Waals surface area contributed by atoms with Crippen molar-refractivity contribution in [1.82, 2.24) is 9.78 Å². The lowest BCUT2D eigenvalue weighted by Gasteiger charge is -1.97. The van der Waals surface area contributed by atoms with Crippen LogP contribution in [0.3, 0.4) is 0 Å². The second-order valence-corrected chi connectivity index (χ2v) is 2.30. The van der Waals surface area contributed by atoms with E-state index >= 15 is 0 Å². The predicted octanol–water partition coefficient (Wildman–Crippen LogP) is -0.0484. The van der Waals surface area contributed by atoms with E-state index in [0.29, 0.717) is 18.7 Å². The smallest absolute Gasteiger partial charge is 0.182 e. The molecule has 0 aliphatic carbocycles. The Hall–Kier alpha value is -1.16. The number of ketones is 1. The van der Waals surface area contributed by atoms with Crippen LogP contribution in [0.2, 0.25) is 0 Å². The van der Waals surface area contributed by atoms with Gasteiger partial charge in [-0.1, -0.05) is 0 Å². The molecule has 1 heterocycles. The lowest BCUT2D eigenvalue weighted by molar-refractivity contribution is 0.0976. The average Bonchev–Trinajstić information content (AvgIpc) is 2.36. The Labute approximate surface area is 65.0 Å². The number of carbonyl (C=O) groups is 1. The topological polar surface area (TPSA) is 60.9 Å². The summed E-state index contributed by atoms with van der Waals surface area (Å²) in [5, 5.41) is 3.87. The largest absolute Gasteiger partial charge is 0.330 e. The Balaban J connectivity index is 2.76. The number of carbonyl (C=O) groups excluding carboxylic acids is 1. The molecule has 0 aliphatic rings. The number of rotatable bonds is 3. The van der Waals surface area contributed by atoms with E-state index in [1.165, 1.54) is 0 Å². The molecule has 2 N–H and O–H groups in total. The molecule has 0 bridgehead atoms. The molecule has 1 rings (SSSR count). The molecule has 0 saturated carbocycles. The Morgan fingerprint density at radius 3 is 3.00 bits per heavy atom. The number of Topliss-reactive ketones (excluding diaryl/α,β-unsaturated/α-hetero) is 1. The third-order valence-electron chi connectivity index (χ3n) is 1.48. The average molecular weight is 153 g/mol. The van der Waals surface area contributed by atoms with Crippen molar-refractivity contribution in [2.24, 2.45) is 12.8 Å². The van der Waals surface area contributed by atoms with Gasteiger partial charge in [0, 0.05) is 19.7 Å². The maximum Gasteiger partial charge on any atom is 0.182 e. The summed E-state index contributed by atoms with van der Waals surface area (Å²) in [5.41, 5.74) is 5.86. The van der Waals surface area contributed by atoms with E-state index in [9.17, 15) is 4.79 Å². The number of nitrogens with zero attached hydrogens (tertiary/aromatic N) is 2. The van der Waals surface area contributed by atoms with Gasteiger partial charge in [-0.2, -0.15) is 5.10 Å². The van der Waals surface area contributed by atoms with Crippen molar-refractivity contribution in [3.8, 4) is 0 Å². The molecule has 0 atom stereocenters. The molecule has 0 amide bonds. The molecule has 1 aromatic rings. The van der Waals surface area contributed by atoms with Gasteiger partial charge in [0.25, 0.3) is 0 Å². The number of aromatic nitrogens is 2. The highest BCUT2D eigenvalue weighted by atomic mass is 16.1. The molecule has 4 heteroatoms. The van der Waals surface area contributed by atoms with Crippen molar-refractivity contribution in [2.45, 2.75) is 6.42 Å².